The monoisotopic (exact) mass is 398 g/mol. The van der Waals surface area contributed by atoms with Gasteiger partial charge in [0.2, 0.25) is 0 Å². The minimum atomic E-state index is -0.438. The molecule has 2 aromatic carbocycles. The summed E-state index contributed by atoms with van der Waals surface area (Å²) in [6, 6.07) is 12.6. The van der Waals surface area contributed by atoms with Crippen LogP contribution < -0.4 is 19.6 Å². The molecule has 29 heavy (non-hydrogen) atoms. The van der Waals surface area contributed by atoms with Crippen LogP contribution in [0, 0.1) is 0 Å². The van der Waals surface area contributed by atoms with E-state index in [0.29, 0.717) is 28.7 Å². The molecule has 0 fully saturated rings. The van der Waals surface area contributed by atoms with E-state index >= 15 is 0 Å². The van der Waals surface area contributed by atoms with E-state index in [2.05, 4.69) is 24.4 Å². The quantitative estimate of drug-likeness (QED) is 0.301. The van der Waals surface area contributed by atoms with Gasteiger partial charge in [0.15, 0.2) is 18.1 Å². The van der Waals surface area contributed by atoms with Crippen molar-refractivity contribution in [1.29, 1.82) is 0 Å². The zero-order chi connectivity index (χ0) is 21.2. The highest BCUT2D eigenvalue weighted by molar-refractivity contribution is 5.84. The Balaban J connectivity index is 1.93. The van der Waals surface area contributed by atoms with Gasteiger partial charge in [-0.3, -0.25) is 9.59 Å². The predicted molar refractivity (Wildman–Crippen MR) is 111 cm³/mol. The number of carbonyl (C=O) groups is 2. The van der Waals surface area contributed by atoms with E-state index in [4.69, 9.17) is 14.2 Å². The Morgan fingerprint density at radius 1 is 1.14 bits per heavy atom. The molecule has 7 nitrogen and oxygen atoms in total. The van der Waals surface area contributed by atoms with Crippen molar-refractivity contribution in [3.8, 4) is 17.2 Å². The molecule has 0 saturated carbocycles. The van der Waals surface area contributed by atoms with Crippen molar-refractivity contribution in [2.75, 3.05) is 13.7 Å². The van der Waals surface area contributed by atoms with Crippen molar-refractivity contribution in [3.63, 3.8) is 0 Å². The topological polar surface area (TPSA) is 86.2 Å². The molecule has 2 rings (SSSR count). The number of benzene rings is 2. The number of hydrogen-bond acceptors (Lipinski definition) is 6. The third-order valence-corrected chi connectivity index (χ3v) is 4.27. The lowest BCUT2D eigenvalue weighted by Crippen LogP contribution is -2.25. The lowest BCUT2D eigenvalue weighted by Gasteiger charge is -2.15. The number of carbonyl (C=O) groups excluding carboxylic acids is 2. The minimum absolute atomic E-state index is 0.139. The fourth-order valence-corrected chi connectivity index (χ4v) is 2.60. The maximum absolute atomic E-state index is 12.0. The molecule has 0 radical (unpaired) electrons. The molecule has 7 heteroatoms. The van der Waals surface area contributed by atoms with Gasteiger partial charge in [-0.2, -0.15) is 5.10 Å². The third kappa shape index (κ3) is 6.64. The molecular formula is C22H26N2O5. The van der Waals surface area contributed by atoms with E-state index in [1.54, 1.807) is 18.2 Å². The van der Waals surface area contributed by atoms with Crippen molar-refractivity contribution in [2.45, 2.75) is 33.1 Å². The Kier molecular flexibility index (Phi) is 8.21. The Bertz CT molecular complexity index is 879. The van der Waals surface area contributed by atoms with Crippen molar-refractivity contribution in [2.24, 2.45) is 5.10 Å². The molecular weight excluding hydrogens is 372 g/mol. The molecule has 0 aliphatic rings. The zero-order valence-corrected chi connectivity index (χ0v) is 17.1. The first-order valence-corrected chi connectivity index (χ1v) is 9.34. The first-order valence-electron chi connectivity index (χ1n) is 9.34. The number of amides is 1. The average Bonchev–Trinajstić information content (AvgIpc) is 2.72. The van der Waals surface area contributed by atoms with Gasteiger partial charge in [-0.25, -0.2) is 5.43 Å². The SMILES string of the molecule is CCC(C)c1ccccc1OCC(=O)N/N=C/c1ccc(OC(C)=O)c(OC)c1. The largest absolute Gasteiger partial charge is 0.493 e. The summed E-state index contributed by atoms with van der Waals surface area (Å²) in [4.78, 5) is 23.1. The van der Waals surface area contributed by atoms with Crippen LogP contribution in [0.4, 0.5) is 0 Å². The van der Waals surface area contributed by atoms with Crippen LogP contribution in [0.3, 0.4) is 0 Å². The number of nitrogens with one attached hydrogen (secondary N) is 1. The van der Waals surface area contributed by atoms with Crippen LogP contribution in [0.25, 0.3) is 0 Å². The van der Waals surface area contributed by atoms with Crippen LogP contribution in [0.5, 0.6) is 17.2 Å². The van der Waals surface area contributed by atoms with E-state index < -0.39 is 5.97 Å². The first-order chi connectivity index (χ1) is 13.9. The van der Waals surface area contributed by atoms with Crippen LogP contribution in [0.15, 0.2) is 47.6 Å². The number of hydrogen-bond donors (Lipinski definition) is 1. The summed E-state index contributed by atoms with van der Waals surface area (Å²) in [5, 5.41) is 3.93. The molecule has 1 atom stereocenters. The summed E-state index contributed by atoms with van der Waals surface area (Å²) in [6.45, 7) is 5.40. The highest BCUT2D eigenvalue weighted by Gasteiger charge is 2.11. The summed E-state index contributed by atoms with van der Waals surface area (Å²) in [7, 11) is 1.47. The standard InChI is InChI=1S/C22H26N2O5/c1-5-15(2)18-8-6-7-9-19(18)28-14-22(26)24-23-13-17-10-11-20(29-16(3)25)21(12-17)27-4/h6-13,15H,5,14H2,1-4H3,(H,24,26)/b23-13+. The molecule has 0 saturated heterocycles. The molecule has 1 N–H and O–H groups in total. The van der Waals surface area contributed by atoms with E-state index in [0.717, 1.165) is 12.0 Å². The Labute approximate surface area is 170 Å². The van der Waals surface area contributed by atoms with Crippen LogP contribution in [-0.4, -0.2) is 31.8 Å². The minimum Gasteiger partial charge on any atom is -0.493 e. The number of esters is 1. The van der Waals surface area contributed by atoms with Gasteiger partial charge in [0.1, 0.15) is 5.75 Å². The summed E-state index contributed by atoms with van der Waals surface area (Å²) in [6.07, 6.45) is 2.45. The first kappa shape index (κ1) is 21.9. The van der Waals surface area contributed by atoms with Gasteiger partial charge in [-0.1, -0.05) is 32.0 Å². The second kappa shape index (κ2) is 10.8. The number of para-hydroxylation sites is 1. The molecule has 0 aliphatic carbocycles. The van der Waals surface area contributed by atoms with Gasteiger partial charge < -0.3 is 14.2 Å². The van der Waals surface area contributed by atoms with Crippen LogP contribution in [0.1, 0.15) is 44.2 Å². The van der Waals surface area contributed by atoms with Gasteiger partial charge >= 0.3 is 5.97 Å². The van der Waals surface area contributed by atoms with Crippen molar-refractivity contribution in [3.05, 3.63) is 53.6 Å². The van der Waals surface area contributed by atoms with Crippen LogP contribution in [0.2, 0.25) is 0 Å². The number of ether oxygens (including phenoxy) is 3. The zero-order valence-electron chi connectivity index (χ0n) is 17.1. The second-order valence-electron chi connectivity index (χ2n) is 6.43. The Morgan fingerprint density at radius 3 is 2.59 bits per heavy atom. The molecule has 0 aromatic heterocycles. The number of nitrogens with zero attached hydrogens (tertiary/aromatic N) is 1. The smallest absolute Gasteiger partial charge is 0.308 e. The van der Waals surface area contributed by atoms with E-state index in [1.807, 2.05) is 24.3 Å². The Morgan fingerprint density at radius 2 is 1.90 bits per heavy atom. The highest BCUT2D eigenvalue weighted by atomic mass is 16.6. The van der Waals surface area contributed by atoms with Gasteiger partial charge in [-0.15, -0.1) is 0 Å². The maximum atomic E-state index is 12.0. The van der Waals surface area contributed by atoms with E-state index in [-0.39, 0.29) is 12.5 Å². The second-order valence-corrected chi connectivity index (χ2v) is 6.43. The van der Waals surface area contributed by atoms with Gasteiger partial charge in [0, 0.05) is 6.92 Å². The summed E-state index contributed by atoms with van der Waals surface area (Å²) >= 11 is 0. The maximum Gasteiger partial charge on any atom is 0.308 e. The highest BCUT2D eigenvalue weighted by Crippen LogP contribution is 2.28. The van der Waals surface area contributed by atoms with Gasteiger partial charge in [0.05, 0.1) is 13.3 Å². The lowest BCUT2D eigenvalue weighted by atomic mass is 9.98. The van der Waals surface area contributed by atoms with Gasteiger partial charge in [-0.05, 0) is 47.7 Å². The van der Waals surface area contributed by atoms with Crippen molar-refractivity contribution >= 4 is 18.1 Å². The fraction of sp³-hybridized carbons (Fsp3) is 0.318. The normalized spacial score (nSPS) is 11.7. The lowest BCUT2D eigenvalue weighted by molar-refractivity contribution is -0.132. The number of rotatable bonds is 9. The summed E-state index contributed by atoms with van der Waals surface area (Å²) < 4.78 is 15.9. The number of hydrazone groups is 1. The third-order valence-electron chi connectivity index (χ3n) is 4.27. The van der Waals surface area contributed by atoms with Crippen molar-refractivity contribution in [1.82, 2.24) is 5.43 Å². The van der Waals surface area contributed by atoms with Gasteiger partial charge in [0.25, 0.3) is 5.91 Å². The number of methoxy groups -OCH3 is 1. The average molecular weight is 398 g/mol. The molecule has 0 bridgehead atoms. The van der Waals surface area contributed by atoms with Crippen LogP contribution in [-0.2, 0) is 9.59 Å². The molecule has 1 amide bonds. The van der Waals surface area contributed by atoms with Crippen LogP contribution >= 0.6 is 0 Å². The summed E-state index contributed by atoms with van der Waals surface area (Å²) in [5.41, 5.74) is 4.17. The summed E-state index contributed by atoms with van der Waals surface area (Å²) in [5.74, 6) is 0.939. The molecule has 0 aliphatic heterocycles. The fourth-order valence-electron chi connectivity index (χ4n) is 2.60. The van der Waals surface area contributed by atoms with E-state index in [1.165, 1.54) is 20.2 Å². The molecule has 0 spiro atoms. The van der Waals surface area contributed by atoms with E-state index in [9.17, 15) is 9.59 Å². The molecule has 2 aromatic rings. The predicted octanol–water partition coefficient (Wildman–Crippen LogP) is 3.66. The molecule has 1 unspecified atom stereocenters. The molecule has 154 valence electrons. The Hall–Kier alpha value is -3.35. The molecule has 0 heterocycles. The van der Waals surface area contributed by atoms with Crippen molar-refractivity contribution < 1.29 is 23.8 Å².